The predicted molar refractivity (Wildman–Crippen MR) is 102 cm³/mol. The van der Waals surface area contributed by atoms with E-state index in [1.165, 1.54) is 16.4 Å². The molecule has 0 saturated carbocycles. The highest BCUT2D eigenvalue weighted by atomic mass is 32.2. The van der Waals surface area contributed by atoms with Gasteiger partial charge in [0.1, 0.15) is 23.1 Å². The molecule has 0 amide bonds. The number of ether oxygens (including phenoxy) is 2. The summed E-state index contributed by atoms with van der Waals surface area (Å²) in [6, 6.07) is 5.83. The molecular weight excluding hydrogens is 385 g/mol. The van der Waals surface area contributed by atoms with Gasteiger partial charge in [-0.3, -0.25) is 4.68 Å². The summed E-state index contributed by atoms with van der Waals surface area (Å²) < 4.78 is 53.2. The molecule has 2 aromatic rings. The van der Waals surface area contributed by atoms with E-state index in [4.69, 9.17) is 9.47 Å². The molecule has 7 nitrogen and oxygen atoms in total. The first kappa shape index (κ1) is 20.8. The van der Waals surface area contributed by atoms with E-state index in [0.717, 1.165) is 0 Å². The lowest BCUT2D eigenvalue weighted by atomic mass is 10.1. The van der Waals surface area contributed by atoms with Gasteiger partial charge in [-0.05, 0) is 51.0 Å². The Morgan fingerprint density at radius 3 is 2.36 bits per heavy atom. The molecule has 1 aromatic heterocycles. The predicted octanol–water partition coefficient (Wildman–Crippen LogP) is 2.42. The molecule has 0 aliphatic carbocycles. The van der Waals surface area contributed by atoms with Gasteiger partial charge >= 0.3 is 0 Å². The molecule has 1 aromatic carbocycles. The van der Waals surface area contributed by atoms with Gasteiger partial charge in [-0.15, -0.1) is 0 Å². The molecule has 0 spiro atoms. The van der Waals surface area contributed by atoms with Crippen LogP contribution in [0.15, 0.2) is 29.2 Å². The van der Waals surface area contributed by atoms with Crippen molar-refractivity contribution in [3.05, 3.63) is 41.5 Å². The van der Waals surface area contributed by atoms with E-state index in [0.29, 0.717) is 61.2 Å². The van der Waals surface area contributed by atoms with Crippen LogP contribution in [-0.2, 0) is 21.8 Å². The topological polar surface area (TPSA) is 73.7 Å². The van der Waals surface area contributed by atoms with Gasteiger partial charge in [-0.25, -0.2) is 12.8 Å². The number of sulfonamides is 1. The highest BCUT2D eigenvalue weighted by molar-refractivity contribution is 7.89. The van der Waals surface area contributed by atoms with Crippen LogP contribution in [0.25, 0.3) is 0 Å². The Morgan fingerprint density at radius 2 is 1.79 bits per heavy atom. The lowest BCUT2D eigenvalue weighted by Crippen LogP contribution is -2.41. The number of benzene rings is 1. The molecule has 0 radical (unpaired) electrons. The van der Waals surface area contributed by atoms with E-state index in [2.05, 4.69) is 5.10 Å². The highest BCUT2D eigenvalue weighted by Crippen LogP contribution is 2.26. The Morgan fingerprint density at radius 1 is 1.14 bits per heavy atom. The maximum Gasteiger partial charge on any atom is 0.246 e. The number of aromatic nitrogens is 2. The van der Waals surface area contributed by atoms with E-state index in [1.807, 2.05) is 0 Å². The van der Waals surface area contributed by atoms with Crippen LogP contribution in [0.1, 0.15) is 24.2 Å². The molecule has 0 atom stereocenters. The van der Waals surface area contributed by atoms with Crippen molar-refractivity contribution in [3.63, 3.8) is 0 Å². The van der Waals surface area contributed by atoms with E-state index >= 15 is 0 Å². The van der Waals surface area contributed by atoms with Crippen LogP contribution in [0.2, 0.25) is 0 Å². The fourth-order valence-corrected chi connectivity index (χ4v) is 5.27. The molecule has 154 valence electrons. The van der Waals surface area contributed by atoms with Gasteiger partial charge in [0.15, 0.2) is 0 Å². The standard InChI is InChI=1S/C19H26FN3O4S/c1-14-19(15(2)22(3)21-14)28(24,25)23-10-8-18(9-11-23)27-13-12-26-17-6-4-16(20)5-7-17/h4-7,18H,8-13H2,1-3H3. The molecule has 2 heterocycles. The zero-order valence-electron chi connectivity index (χ0n) is 16.4. The number of piperidine rings is 1. The second-order valence-corrected chi connectivity index (χ2v) is 8.77. The van der Waals surface area contributed by atoms with Crippen LogP contribution in [-0.4, -0.2) is 54.9 Å². The van der Waals surface area contributed by atoms with E-state index in [-0.39, 0.29) is 11.9 Å². The summed E-state index contributed by atoms with van der Waals surface area (Å²) in [6.07, 6.45) is 1.27. The van der Waals surface area contributed by atoms with Crippen LogP contribution < -0.4 is 4.74 Å². The molecule has 0 bridgehead atoms. The second-order valence-electron chi connectivity index (χ2n) is 6.90. The SMILES string of the molecule is Cc1nn(C)c(C)c1S(=O)(=O)N1CCC(OCCOc2ccc(F)cc2)CC1. The third kappa shape index (κ3) is 4.53. The summed E-state index contributed by atoms with van der Waals surface area (Å²) in [5, 5.41) is 4.22. The maximum atomic E-state index is 13.0. The van der Waals surface area contributed by atoms with Gasteiger partial charge in [0.2, 0.25) is 10.0 Å². The van der Waals surface area contributed by atoms with Crippen molar-refractivity contribution in [2.45, 2.75) is 37.7 Å². The van der Waals surface area contributed by atoms with E-state index in [1.54, 1.807) is 37.7 Å². The maximum absolute atomic E-state index is 13.0. The first-order valence-corrected chi connectivity index (χ1v) is 10.7. The van der Waals surface area contributed by atoms with Crippen LogP contribution in [0.5, 0.6) is 5.75 Å². The first-order valence-electron chi connectivity index (χ1n) is 9.29. The Kier molecular flexibility index (Phi) is 6.36. The largest absolute Gasteiger partial charge is 0.491 e. The van der Waals surface area contributed by atoms with Crippen molar-refractivity contribution < 1.29 is 22.3 Å². The van der Waals surface area contributed by atoms with Crippen molar-refractivity contribution in [1.82, 2.24) is 14.1 Å². The van der Waals surface area contributed by atoms with Gasteiger partial charge in [0.25, 0.3) is 0 Å². The Bertz CT molecular complexity index is 904. The van der Waals surface area contributed by atoms with E-state index < -0.39 is 10.0 Å². The Labute approximate surface area is 165 Å². The summed E-state index contributed by atoms with van der Waals surface area (Å²) in [6.45, 7) is 5.08. The van der Waals surface area contributed by atoms with E-state index in [9.17, 15) is 12.8 Å². The summed E-state index contributed by atoms with van der Waals surface area (Å²) in [5.41, 5.74) is 1.17. The third-order valence-corrected chi connectivity index (χ3v) is 7.11. The molecule has 9 heteroatoms. The summed E-state index contributed by atoms with van der Waals surface area (Å²) in [4.78, 5) is 0.307. The molecule has 0 N–H and O–H groups in total. The zero-order chi connectivity index (χ0) is 20.3. The minimum atomic E-state index is -3.55. The summed E-state index contributed by atoms with van der Waals surface area (Å²) in [7, 11) is -1.81. The molecule has 1 fully saturated rings. The quantitative estimate of drug-likeness (QED) is 0.655. The second kappa shape index (κ2) is 8.59. The minimum Gasteiger partial charge on any atom is -0.491 e. The van der Waals surface area contributed by atoms with Crippen molar-refractivity contribution in [2.75, 3.05) is 26.3 Å². The van der Waals surface area contributed by atoms with Gasteiger partial charge in [0.05, 0.1) is 24.1 Å². The van der Waals surface area contributed by atoms with Crippen molar-refractivity contribution in [3.8, 4) is 5.75 Å². The van der Waals surface area contributed by atoms with Crippen LogP contribution in [0.4, 0.5) is 4.39 Å². The van der Waals surface area contributed by atoms with Gasteiger partial charge in [0, 0.05) is 20.1 Å². The molecule has 28 heavy (non-hydrogen) atoms. The number of aryl methyl sites for hydroxylation is 2. The van der Waals surface area contributed by atoms with Crippen molar-refractivity contribution in [2.24, 2.45) is 7.05 Å². The van der Waals surface area contributed by atoms with Gasteiger partial charge < -0.3 is 9.47 Å². The van der Waals surface area contributed by atoms with Gasteiger partial charge in [-0.1, -0.05) is 0 Å². The monoisotopic (exact) mass is 411 g/mol. The number of halogens is 1. The van der Waals surface area contributed by atoms with Crippen LogP contribution in [0, 0.1) is 19.7 Å². The first-order chi connectivity index (χ1) is 13.3. The molecule has 1 saturated heterocycles. The summed E-state index contributed by atoms with van der Waals surface area (Å²) >= 11 is 0. The molecule has 1 aliphatic heterocycles. The third-order valence-electron chi connectivity index (χ3n) is 4.96. The lowest BCUT2D eigenvalue weighted by Gasteiger charge is -2.31. The van der Waals surface area contributed by atoms with Crippen molar-refractivity contribution >= 4 is 10.0 Å². The molecule has 0 unspecified atom stereocenters. The number of hydrogen-bond acceptors (Lipinski definition) is 5. The highest BCUT2D eigenvalue weighted by Gasteiger charge is 2.33. The normalized spacial score (nSPS) is 16.4. The zero-order valence-corrected chi connectivity index (χ0v) is 17.2. The number of nitrogens with zero attached hydrogens (tertiary/aromatic N) is 3. The lowest BCUT2D eigenvalue weighted by molar-refractivity contribution is 0.00699. The fourth-order valence-electron chi connectivity index (χ4n) is 3.40. The van der Waals surface area contributed by atoms with Crippen LogP contribution >= 0.6 is 0 Å². The van der Waals surface area contributed by atoms with Crippen LogP contribution in [0.3, 0.4) is 0 Å². The van der Waals surface area contributed by atoms with Gasteiger partial charge in [-0.2, -0.15) is 9.40 Å². The smallest absolute Gasteiger partial charge is 0.246 e. The Hall–Kier alpha value is -1.97. The van der Waals surface area contributed by atoms with Crippen molar-refractivity contribution in [1.29, 1.82) is 0 Å². The molecule has 1 aliphatic rings. The fraction of sp³-hybridized carbons (Fsp3) is 0.526. The number of hydrogen-bond donors (Lipinski definition) is 0. The summed E-state index contributed by atoms with van der Waals surface area (Å²) in [5.74, 6) is 0.287. The molecular formula is C19H26FN3O4S. The number of rotatable bonds is 7. The Balaban J connectivity index is 1.47. The molecule has 3 rings (SSSR count). The minimum absolute atomic E-state index is 0.000593. The average molecular weight is 411 g/mol. The average Bonchev–Trinajstić information content (AvgIpc) is 2.93.